The number of carbonyl (C=O) groups is 2. The van der Waals surface area contributed by atoms with Crippen molar-refractivity contribution in [2.75, 3.05) is 19.0 Å². The molecule has 2 aromatic carbocycles. The van der Waals surface area contributed by atoms with Crippen LogP contribution >= 0.6 is 11.6 Å². The van der Waals surface area contributed by atoms with Crippen LogP contribution in [0.4, 0.5) is 5.69 Å². The number of anilines is 1. The molecule has 0 saturated carbocycles. The number of hydrazone groups is 1. The normalized spacial score (nSPS) is 10.2. The largest absolute Gasteiger partial charge is 0.493 e. The minimum atomic E-state index is -0.405. The van der Waals surface area contributed by atoms with Crippen LogP contribution in [0.5, 0.6) is 11.5 Å². The van der Waals surface area contributed by atoms with Crippen LogP contribution in [0.3, 0.4) is 0 Å². The van der Waals surface area contributed by atoms with Crippen molar-refractivity contribution < 1.29 is 19.1 Å². The number of terminal acetylenes is 1. The molecular weight excluding hydrogens is 382 g/mol. The minimum Gasteiger partial charge on any atom is -0.493 e. The number of nitrogens with zero attached hydrogens (tertiary/aromatic N) is 1. The van der Waals surface area contributed by atoms with Crippen LogP contribution < -0.4 is 20.2 Å². The molecule has 0 fully saturated rings. The lowest BCUT2D eigenvalue weighted by Gasteiger charge is -2.11. The van der Waals surface area contributed by atoms with Gasteiger partial charge in [-0.25, -0.2) is 5.43 Å². The summed E-state index contributed by atoms with van der Waals surface area (Å²) in [7, 11) is 1.47. The Kier molecular flexibility index (Phi) is 7.43. The second-order valence-corrected chi connectivity index (χ2v) is 5.89. The summed E-state index contributed by atoms with van der Waals surface area (Å²) in [5.41, 5.74) is 4.00. The van der Waals surface area contributed by atoms with E-state index in [9.17, 15) is 9.59 Å². The zero-order chi connectivity index (χ0) is 20.5. The third-order valence-electron chi connectivity index (χ3n) is 3.40. The Morgan fingerprint density at radius 3 is 2.61 bits per heavy atom. The van der Waals surface area contributed by atoms with Crippen LogP contribution in [0.15, 0.2) is 41.5 Å². The Morgan fingerprint density at radius 1 is 1.29 bits per heavy atom. The summed E-state index contributed by atoms with van der Waals surface area (Å²) in [5, 5.41) is 6.84. The van der Waals surface area contributed by atoms with Crippen molar-refractivity contribution in [3.63, 3.8) is 0 Å². The second kappa shape index (κ2) is 10.00. The van der Waals surface area contributed by atoms with Crippen molar-refractivity contribution >= 4 is 35.3 Å². The van der Waals surface area contributed by atoms with Gasteiger partial charge in [0.05, 0.1) is 18.3 Å². The van der Waals surface area contributed by atoms with E-state index >= 15 is 0 Å². The zero-order valence-electron chi connectivity index (χ0n) is 15.3. The van der Waals surface area contributed by atoms with Gasteiger partial charge in [0.2, 0.25) is 5.91 Å². The lowest BCUT2D eigenvalue weighted by atomic mass is 10.2. The molecule has 0 heterocycles. The molecule has 0 spiro atoms. The van der Waals surface area contributed by atoms with Crippen LogP contribution in [0, 0.1) is 12.3 Å². The van der Waals surface area contributed by atoms with Crippen LogP contribution in [-0.2, 0) is 4.79 Å². The summed E-state index contributed by atoms with van der Waals surface area (Å²) < 4.78 is 10.6. The maximum atomic E-state index is 12.1. The van der Waals surface area contributed by atoms with Gasteiger partial charge in [-0.15, -0.1) is 6.42 Å². The Morgan fingerprint density at radius 2 is 2.00 bits per heavy atom. The van der Waals surface area contributed by atoms with E-state index in [4.69, 9.17) is 27.5 Å². The summed E-state index contributed by atoms with van der Waals surface area (Å²) in [4.78, 5) is 23.1. The molecule has 0 aliphatic rings. The summed E-state index contributed by atoms with van der Waals surface area (Å²) >= 11 is 6.18. The Bertz CT molecular complexity index is 934. The monoisotopic (exact) mass is 399 g/mol. The van der Waals surface area contributed by atoms with Gasteiger partial charge in [-0.3, -0.25) is 9.59 Å². The van der Waals surface area contributed by atoms with Crippen LogP contribution in [0.1, 0.15) is 22.8 Å². The van der Waals surface area contributed by atoms with Crippen molar-refractivity contribution in [1.29, 1.82) is 0 Å². The fourth-order valence-corrected chi connectivity index (χ4v) is 2.48. The molecule has 28 heavy (non-hydrogen) atoms. The molecule has 7 nitrogen and oxygen atoms in total. The summed E-state index contributed by atoms with van der Waals surface area (Å²) in [6, 6.07) is 9.66. The fraction of sp³-hybridized carbons (Fsp3) is 0.150. The highest BCUT2D eigenvalue weighted by Gasteiger charge is 2.11. The molecule has 0 atom stereocenters. The number of carbonyl (C=O) groups excluding carboxylic acids is 2. The number of halogens is 1. The average Bonchev–Trinajstić information content (AvgIpc) is 2.66. The highest BCUT2D eigenvalue weighted by molar-refractivity contribution is 6.32. The zero-order valence-corrected chi connectivity index (χ0v) is 16.0. The van der Waals surface area contributed by atoms with Crippen molar-refractivity contribution in [1.82, 2.24) is 5.43 Å². The van der Waals surface area contributed by atoms with Gasteiger partial charge in [-0.1, -0.05) is 17.5 Å². The van der Waals surface area contributed by atoms with Crippen molar-refractivity contribution in [2.24, 2.45) is 5.10 Å². The van der Waals surface area contributed by atoms with Crippen LogP contribution in [0.2, 0.25) is 5.02 Å². The molecular formula is C20H18ClN3O4. The molecule has 0 unspecified atom stereocenters. The number of benzene rings is 2. The number of hydrogen-bond acceptors (Lipinski definition) is 5. The quantitative estimate of drug-likeness (QED) is 0.425. The molecule has 144 valence electrons. The average molecular weight is 400 g/mol. The molecule has 0 aliphatic heterocycles. The van der Waals surface area contributed by atoms with Gasteiger partial charge < -0.3 is 14.8 Å². The van der Waals surface area contributed by atoms with E-state index in [0.29, 0.717) is 33.3 Å². The van der Waals surface area contributed by atoms with E-state index in [2.05, 4.69) is 21.8 Å². The highest BCUT2D eigenvalue weighted by Crippen LogP contribution is 2.35. The standard InChI is InChI=1S/C20H18ClN3O4/c1-4-9-28-19-17(21)10-14(11-18(19)27-3)12-22-24-20(26)15-5-7-16(8-6-15)23-13(2)25/h1,5-8,10-12H,9H2,2-3H3,(H,23,25)(H,24,26)/b22-12-. The minimum absolute atomic E-state index is 0.0559. The number of rotatable bonds is 7. The van der Waals surface area contributed by atoms with E-state index in [1.165, 1.54) is 20.2 Å². The van der Waals surface area contributed by atoms with E-state index < -0.39 is 5.91 Å². The predicted octanol–water partition coefficient (Wildman–Crippen LogP) is 3.08. The molecule has 8 heteroatoms. The van der Waals surface area contributed by atoms with Gasteiger partial charge in [0.15, 0.2) is 11.5 Å². The topological polar surface area (TPSA) is 89.0 Å². The maximum absolute atomic E-state index is 12.1. The summed E-state index contributed by atoms with van der Waals surface area (Å²) in [6.45, 7) is 1.46. The van der Waals surface area contributed by atoms with E-state index in [-0.39, 0.29) is 12.5 Å². The van der Waals surface area contributed by atoms with Gasteiger partial charge in [0.1, 0.15) is 6.61 Å². The number of methoxy groups -OCH3 is 1. The second-order valence-electron chi connectivity index (χ2n) is 5.48. The number of ether oxygens (including phenoxy) is 2. The van der Waals surface area contributed by atoms with E-state index in [1.54, 1.807) is 36.4 Å². The smallest absolute Gasteiger partial charge is 0.271 e. The maximum Gasteiger partial charge on any atom is 0.271 e. The lowest BCUT2D eigenvalue weighted by Crippen LogP contribution is -2.17. The van der Waals surface area contributed by atoms with Gasteiger partial charge in [0.25, 0.3) is 5.91 Å². The third-order valence-corrected chi connectivity index (χ3v) is 3.68. The Balaban J connectivity index is 2.05. The van der Waals surface area contributed by atoms with Gasteiger partial charge in [0, 0.05) is 18.2 Å². The SMILES string of the molecule is C#CCOc1c(Cl)cc(/C=N\NC(=O)c2ccc(NC(C)=O)cc2)cc1OC. The highest BCUT2D eigenvalue weighted by atomic mass is 35.5. The van der Waals surface area contributed by atoms with Crippen LogP contribution in [-0.4, -0.2) is 31.7 Å². The number of nitrogens with one attached hydrogen (secondary N) is 2. The number of amides is 2. The molecule has 2 amide bonds. The van der Waals surface area contributed by atoms with Crippen molar-refractivity contribution in [3.8, 4) is 23.8 Å². The van der Waals surface area contributed by atoms with Gasteiger partial charge in [-0.2, -0.15) is 5.10 Å². The first kappa shape index (κ1) is 20.8. The summed E-state index contributed by atoms with van der Waals surface area (Å²) in [5.74, 6) is 2.49. The first-order chi connectivity index (χ1) is 13.4. The molecule has 0 saturated heterocycles. The third kappa shape index (κ3) is 5.76. The van der Waals surface area contributed by atoms with Crippen LogP contribution in [0.25, 0.3) is 0 Å². The van der Waals surface area contributed by atoms with Gasteiger partial charge in [-0.05, 0) is 42.0 Å². The first-order valence-electron chi connectivity index (χ1n) is 8.09. The van der Waals surface area contributed by atoms with E-state index in [1.807, 2.05) is 0 Å². The van der Waals surface area contributed by atoms with Crippen molar-refractivity contribution in [2.45, 2.75) is 6.92 Å². The number of hydrogen-bond donors (Lipinski definition) is 2. The Hall–Kier alpha value is -3.50. The van der Waals surface area contributed by atoms with Crippen molar-refractivity contribution in [3.05, 3.63) is 52.5 Å². The lowest BCUT2D eigenvalue weighted by molar-refractivity contribution is -0.114. The molecule has 2 rings (SSSR count). The summed E-state index contributed by atoms with van der Waals surface area (Å²) in [6.07, 6.45) is 6.60. The first-order valence-corrected chi connectivity index (χ1v) is 8.47. The molecule has 0 aliphatic carbocycles. The molecule has 0 bridgehead atoms. The van der Waals surface area contributed by atoms with Gasteiger partial charge >= 0.3 is 0 Å². The molecule has 2 aromatic rings. The fourth-order valence-electron chi connectivity index (χ4n) is 2.21. The van der Waals surface area contributed by atoms with E-state index in [0.717, 1.165) is 0 Å². The predicted molar refractivity (Wildman–Crippen MR) is 108 cm³/mol. The Labute approximate surface area is 167 Å². The molecule has 2 N–H and O–H groups in total. The molecule has 0 radical (unpaired) electrons. The molecule has 0 aromatic heterocycles.